The van der Waals surface area contributed by atoms with E-state index in [0.717, 1.165) is 10.9 Å². The molecule has 2 aromatic carbocycles. The lowest BCUT2D eigenvalue weighted by Gasteiger charge is -2.07. The fourth-order valence-corrected chi connectivity index (χ4v) is 2.74. The van der Waals surface area contributed by atoms with Crippen LogP contribution in [0.1, 0.15) is 0 Å². The third kappa shape index (κ3) is 2.26. The number of fused-ring (bicyclic) bond motifs is 1. The van der Waals surface area contributed by atoms with E-state index in [1.165, 1.54) is 6.07 Å². The number of aromatic nitrogens is 2. The van der Waals surface area contributed by atoms with Crippen LogP contribution >= 0.6 is 0 Å². The average molecular weight is 285 g/mol. The Morgan fingerprint density at radius 3 is 2.45 bits per heavy atom. The van der Waals surface area contributed by atoms with Crippen LogP contribution in [-0.4, -0.2) is 18.4 Å². The molecule has 100 valence electrons. The summed E-state index contributed by atoms with van der Waals surface area (Å²) in [5, 5.41) is 6.12. The van der Waals surface area contributed by atoms with Gasteiger partial charge in [-0.05, 0) is 18.2 Å². The molecule has 20 heavy (non-hydrogen) atoms. The van der Waals surface area contributed by atoms with Gasteiger partial charge in [-0.3, -0.25) is 0 Å². The third-order valence-electron chi connectivity index (χ3n) is 2.92. The van der Waals surface area contributed by atoms with Gasteiger partial charge in [0.05, 0.1) is 10.4 Å². The van der Waals surface area contributed by atoms with Crippen LogP contribution in [0.2, 0.25) is 0 Å². The lowest BCUT2D eigenvalue weighted by molar-refractivity contribution is 0.598. The maximum Gasteiger partial charge on any atom is 0.238 e. The first-order valence-electron chi connectivity index (χ1n) is 5.90. The number of nitrogens with zero attached hydrogens (tertiary/aromatic N) is 2. The van der Waals surface area contributed by atoms with Crippen LogP contribution in [0.15, 0.2) is 59.6 Å². The van der Waals surface area contributed by atoms with E-state index >= 15 is 0 Å². The maximum atomic E-state index is 11.6. The molecule has 0 aliphatic carbocycles. The fraction of sp³-hybridized carbons (Fsp3) is 0. The first kappa shape index (κ1) is 12.7. The van der Waals surface area contributed by atoms with Crippen molar-refractivity contribution in [2.45, 2.75) is 4.90 Å². The van der Waals surface area contributed by atoms with Gasteiger partial charge in [-0.2, -0.15) is 0 Å². The Balaban J connectivity index is 2.26. The lowest BCUT2D eigenvalue weighted by Crippen LogP contribution is -2.13. The zero-order chi connectivity index (χ0) is 14.2. The molecule has 0 saturated carbocycles. The predicted molar refractivity (Wildman–Crippen MR) is 76.3 cm³/mol. The largest absolute Gasteiger partial charge is 0.238 e. The zero-order valence-corrected chi connectivity index (χ0v) is 11.2. The van der Waals surface area contributed by atoms with Gasteiger partial charge in [-0.15, -0.1) is 0 Å². The second-order valence-electron chi connectivity index (χ2n) is 4.29. The fourth-order valence-electron chi connectivity index (χ4n) is 2.00. The number of benzene rings is 2. The van der Waals surface area contributed by atoms with Gasteiger partial charge in [-0.1, -0.05) is 30.3 Å². The van der Waals surface area contributed by atoms with E-state index in [1.54, 1.807) is 24.4 Å². The van der Waals surface area contributed by atoms with Gasteiger partial charge in [-0.25, -0.2) is 23.5 Å². The number of rotatable bonds is 2. The molecule has 5 nitrogen and oxygen atoms in total. The molecule has 1 heterocycles. The molecular weight excluding hydrogens is 274 g/mol. The highest BCUT2D eigenvalue weighted by Gasteiger charge is 2.16. The van der Waals surface area contributed by atoms with E-state index in [0.29, 0.717) is 11.4 Å². The highest BCUT2D eigenvalue weighted by molar-refractivity contribution is 7.89. The van der Waals surface area contributed by atoms with Crippen LogP contribution in [0.25, 0.3) is 22.3 Å². The number of nitrogens with two attached hydrogens (primary N) is 1. The van der Waals surface area contributed by atoms with Crippen molar-refractivity contribution in [3.8, 4) is 11.4 Å². The summed E-state index contributed by atoms with van der Waals surface area (Å²) in [6, 6.07) is 13.9. The Labute approximate surface area is 116 Å². The van der Waals surface area contributed by atoms with E-state index in [2.05, 4.69) is 9.97 Å². The molecule has 0 unspecified atom stereocenters. The quantitative estimate of drug-likeness (QED) is 0.779. The molecule has 0 amide bonds. The van der Waals surface area contributed by atoms with Gasteiger partial charge >= 0.3 is 0 Å². The topological polar surface area (TPSA) is 85.9 Å². The highest BCUT2D eigenvalue weighted by Crippen LogP contribution is 2.24. The van der Waals surface area contributed by atoms with Crippen molar-refractivity contribution in [1.82, 2.24) is 9.97 Å². The van der Waals surface area contributed by atoms with Crippen LogP contribution in [0.5, 0.6) is 0 Å². The summed E-state index contributed by atoms with van der Waals surface area (Å²) in [5.74, 6) is 0.341. The van der Waals surface area contributed by atoms with Crippen molar-refractivity contribution < 1.29 is 8.42 Å². The molecular formula is C14H11N3O2S. The standard InChI is InChI=1S/C14H11N3O2S/c15-20(18,19)13-8-4-2-6-11(13)14-16-9-10-5-1-3-7-12(10)17-14/h1-9H,(H2,15,18,19). The smallest absolute Gasteiger partial charge is 0.236 e. The number of para-hydroxylation sites is 1. The second kappa shape index (κ2) is 4.66. The minimum absolute atomic E-state index is 0.0234. The molecule has 2 N–H and O–H groups in total. The summed E-state index contributed by atoms with van der Waals surface area (Å²) in [7, 11) is -3.81. The van der Waals surface area contributed by atoms with E-state index in [4.69, 9.17) is 5.14 Å². The number of primary sulfonamides is 1. The summed E-state index contributed by atoms with van der Waals surface area (Å²) in [6.45, 7) is 0. The Hall–Kier alpha value is -2.31. The van der Waals surface area contributed by atoms with Crippen LogP contribution < -0.4 is 5.14 Å². The van der Waals surface area contributed by atoms with Gasteiger partial charge in [0, 0.05) is 17.1 Å². The van der Waals surface area contributed by atoms with Crippen LogP contribution in [0.3, 0.4) is 0 Å². The molecule has 3 rings (SSSR count). The van der Waals surface area contributed by atoms with Crippen LogP contribution in [0, 0.1) is 0 Å². The van der Waals surface area contributed by atoms with Crippen molar-refractivity contribution in [2.24, 2.45) is 5.14 Å². The minimum Gasteiger partial charge on any atom is -0.236 e. The molecule has 1 aromatic heterocycles. The third-order valence-corrected chi connectivity index (χ3v) is 3.89. The first-order valence-corrected chi connectivity index (χ1v) is 7.44. The summed E-state index contributed by atoms with van der Waals surface area (Å²) in [5.41, 5.74) is 1.16. The summed E-state index contributed by atoms with van der Waals surface area (Å²) in [4.78, 5) is 8.63. The van der Waals surface area contributed by atoms with Gasteiger partial charge in [0.15, 0.2) is 5.82 Å². The maximum absolute atomic E-state index is 11.6. The molecule has 0 atom stereocenters. The molecule has 3 aromatic rings. The highest BCUT2D eigenvalue weighted by atomic mass is 32.2. The zero-order valence-electron chi connectivity index (χ0n) is 10.4. The van der Waals surface area contributed by atoms with Crippen molar-refractivity contribution in [2.75, 3.05) is 0 Å². The Kier molecular flexibility index (Phi) is 2.96. The number of hydrogen-bond acceptors (Lipinski definition) is 4. The van der Waals surface area contributed by atoms with Crippen molar-refractivity contribution in [3.05, 3.63) is 54.7 Å². The molecule has 0 fully saturated rings. The minimum atomic E-state index is -3.81. The normalized spacial score (nSPS) is 11.7. The molecule has 0 spiro atoms. The molecule has 0 radical (unpaired) electrons. The second-order valence-corrected chi connectivity index (χ2v) is 5.82. The van der Waals surface area contributed by atoms with Gasteiger partial charge in [0.25, 0.3) is 0 Å². The molecule has 0 bridgehead atoms. The van der Waals surface area contributed by atoms with Crippen LogP contribution in [0.4, 0.5) is 0 Å². The molecule has 0 aliphatic rings. The Morgan fingerprint density at radius 1 is 0.950 bits per heavy atom. The van der Waals surface area contributed by atoms with E-state index < -0.39 is 10.0 Å². The first-order chi connectivity index (χ1) is 9.55. The number of sulfonamides is 1. The summed E-state index contributed by atoms with van der Waals surface area (Å²) in [6.07, 6.45) is 1.66. The lowest BCUT2D eigenvalue weighted by atomic mass is 10.2. The van der Waals surface area contributed by atoms with Crippen molar-refractivity contribution >= 4 is 20.9 Å². The van der Waals surface area contributed by atoms with Gasteiger partial charge in [0.2, 0.25) is 10.0 Å². The van der Waals surface area contributed by atoms with Crippen molar-refractivity contribution in [1.29, 1.82) is 0 Å². The molecule has 0 saturated heterocycles. The average Bonchev–Trinajstić information content (AvgIpc) is 2.46. The van der Waals surface area contributed by atoms with Gasteiger partial charge < -0.3 is 0 Å². The molecule has 0 aliphatic heterocycles. The Bertz CT molecular complexity index is 892. The predicted octanol–water partition coefficient (Wildman–Crippen LogP) is 1.94. The van der Waals surface area contributed by atoms with Crippen molar-refractivity contribution in [3.63, 3.8) is 0 Å². The van der Waals surface area contributed by atoms with Gasteiger partial charge in [0.1, 0.15) is 0 Å². The summed E-state index contributed by atoms with van der Waals surface area (Å²) < 4.78 is 23.2. The summed E-state index contributed by atoms with van der Waals surface area (Å²) >= 11 is 0. The van der Waals surface area contributed by atoms with E-state index in [-0.39, 0.29) is 4.90 Å². The van der Waals surface area contributed by atoms with E-state index in [1.807, 2.05) is 24.3 Å². The van der Waals surface area contributed by atoms with E-state index in [9.17, 15) is 8.42 Å². The molecule has 6 heteroatoms. The monoisotopic (exact) mass is 285 g/mol. The Morgan fingerprint density at radius 2 is 1.65 bits per heavy atom. The SMILES string of the molecule is NS(=O)(=O)c1ccccc1-c1ncc2ccccc2n1. The van der Waals surface area contributed by atoms with Crippen LogP contribution in [-0.2, 0) is 10.0 Å². The number of hydrogen-bond donors (Lipinski definition) is 1.